The molecule has 2 N–H and O–H groups in total. The number of aromatic amines is 1. The minimum Gasteiger partial charge on any atom is -0.361 e. The number of carbonyl (C=O) groups is 1. The van der Waals surface area contributed by atoms with Crippen molar-refractivity contribution in [3.05, 3.63) is 53.2 Å². The molecule has 3 heterocycles. The van der Waals surface area contributed by atoms with Crippen molar-refractivity contribution in [3.8, 4) is 0 Å². The van der Waals surface area contributed by atoms with Gasteiger partial charge in [0.2, 0.25) is 5.91 Å². The second-order valence-corrected chi connectivity index (χ2v) is 8.45. The monoisotopic (exact) mass is 395 g/mol. The fourth-order valence-electron chi connectivity index (χ4n) is 4.43. The molecule has 0 saturated heterocycles. The van der Waals surface area contributed by atoms with E-state index in [1.807, 2.05) is 24.1 Å². The number of H-pyrrole nitrogens is 1. The highest BCUT2D eigenvalue weighted by atomic mass is 19.1. The third kappa shape index (κ3) is 3.79. The number of nitrogens with zero attached hydrogens (tertiary/aromatic N) is 3. The van der Waals surface area contributed by atoms with Crippen LogP contribution in [0.5, 0.6) is 0 Å². The van der Waals surface area contributed by atoms with E-state index in [1.165, 1.54) is 18.9 Å². The molecule has 1 aromatic carbocycles. The molecule has 0 spiro atoms. The Hall–Kier alpha value is -2.67. The molecule has 5 rings (SSSR count). The lowest BCUT2D eigenvalue weighted by atomic mass is 9.95. The third-order valence-electron chi connectivity index (χ3n) is 6.05. The largest absolute Gasteiger partial charge is 0.361 e. The molecule has 1 fully saturated rings. The maximum absolute atomic E-state index is 13.6. The zero-order valence-corrected chi connectivity index (χ0v) is 16.6. The molecule has 3 aromatic rings. The number of rotatable bonds is 6. The van der Waals surface area contributed by atoms with Crippen molar-refractivity contribution in [2.75, 3.05) is 19.6 Å². The van der Waals surface area contributed by atoms with E-state index in [1.54, 1.807) is 12.1 Å². The minimum atomic E-state index is -0.247. The summed E-state index contributed by atoms with van der Waals surface area (Å²) in [5, 5.41) is 8.54. The number of fused-ring (bicyclic) bond motifs is 2. The first-order chi connectivity index (χ1) is 14.1. The van der Waals surface area contributed by atoms with Crippen LogP contribution in [0, 0.1) is 11.7 Å². The molecular weight excluding hydrogens is 369 g/mol. The van der Waals surface area contributed by atoms with E-state index in [0.29, 0.717) is 13.0 Å². The van der Waals surface area contributed by atoms with Gasteiger partial charge in [0, 0.05) is 62.1 Å². The maximum Gasteiger partial charge on any atom is 0.230 e. The van der Waals surface area contributed by atoms with Gasteiger partial charge in [-0.25, -0.2) is 4.39 Å². The first-order valence-corrected chi connectivity index (χ1v) is 10.3. The smallest absolute Gasteiger partial charge is 0.230 e. The van der Waals surface area contributed by atoms with Gasteiger partial charge in [-0.2, -0.15) is 5.10 Å². The Balaban J connectivity index is 1.26. The lowest BCUT2D eigenvalue weighted by Gasteiger charge is -2.31. The van der Waals surface area contributed by atoms with Crippen LogP contribution in [0.15, 0.2) is 30.6 Å². The molecule has 1 aliphatic carbocycles. The first kappa shape index (κ1) is 18.4. The fourth-order valence-corrected chi connectivity index (χ4v) is 4.43. The Morgan fingerprint density at radius 1 is 1.38 bits per heavy atom. The van der Waals surface area contributed by atoms with E-state index in [4.69, 9.17) is 0 Å². The standard InChI is InChI=1S/C22H26FN5O/c1-27-11-16-12-28(10-14-2-3-14)13-19(21(16)26-27)22(29)24-7-6-15-9-25-20-5-4-17(23)8-18(15)20/h4-5,8-9,11,14,19,25H,2-3,6-7,10,12-13H2,1H3,(H,24,29). The fraction of sp³-hybridized carbons (Fsp3) is 0.455. The molecule has 7 heteroatoms. The molecule has 1 aliphatic heterocycles. The first-order valence-electron chi connectivity index (χ1n) is 10.3. The quantitative estimate of drug-likeness (QED) is 0.675. The molecule has 1 saturated carbocycles. The van der Waals surface area contributed by atoms with Crippen LogP contribution in [0.3, 0.4) is 0 Å². The van der Waals surface area contributed by atoms with Crippen LogP contribution in [0.2, 0.25) is 0 Å². The van der Waals surface area contributed by atoms with Gasteiger partial charge in [-0.1, -0.05) is 0 Å². The Bertz CT molecular complexity index is 1050. The van der Waals surface area contributed by atoms with Crippen molar-refractivity contribution in [3.63, 3.8) is 0 Å². The number of aromatic nitrogens is 3. The van der Waals surface area contributed by atoms with Gasteiger partial charge in [-0.15, -0.1) is 0 Å². The van der Waals surface area contributed by atoms with Crippen LogP contribution in [-0.2, 0) is 24.8 Å². The van der Waals surface area contributed by atoms with Crippen molar-refractivity contribution in [2.24, 2.45) is 13.0 Å². The van der Waals surface area contributed by atoms with Crippen LogP contribution in [-0.4, -0.2) is 45.2 Å². The van der Waals surface area contributed by atoms with Crippen molar-refractivity contribution in [1.82, 2.24) is 25.0 Å². The van der Waals surface area contributed by atoms with Gasteiger partial charge in [0.15, 0.2) is 0 Å². The molecule has 2 aliphatic rings. The SMILES string of the molecule is Cn1cc2c(n1)C(C(=O)NCCc1c[nH]c3ccc(F)cc13)CN(CC1CC1)C2. The second kappa shape index (κ2) is 7.30. The van der Waals surface area contributed by atoms with Crippen LogP contribution >= 0.6 is 0 Å². The van der Waals surface area contributed by atoms with Gasteiger partial charge in [0.1, 0.15) is 5.82 Å². The Labute approximate surface area is 169 Å². The number of carbonyl (C=O) groups excluding carboxylic acids is 1. The lowest BCUT2D eigenvalue weighted by Crippen LogP contribution is -2.42. The molecule has 1 unspecified atom stereocenters. The van der Waals surface area contributed by atoms with E-state index in [9.17, 15) is 9.18 Å². The minimum absolute atomic E-state index is 0.0245. The summed E-state index contributed by atoms with van der Waals surface area (Å²) in [5.74, 6) is 0.331. The summed E-state index contributed by atoms with van der Waals surface area (Å²) in [4.78, 5) is 18.6. The van der Waals surface area contributed by atoms with Crippen molar-refractivity contribution >= 4 is 16.8 Å². The van der Waals surface area contributed by atoms with Crippen LogP contribution in [0.25, 0.3) is 10.9 Å². The third-order valence-corrected chi connectivity index (χ3v) is 6.05. The normalized spacial score (nSPS) is 19.4. The molecule has 2 aromatic heterocycles. The summed E-state index contributed by atoms with van der Waals surface area (Å²) in [6.07, 6.45) is 7.19. The molecule has 1 atom stereocenters. The molecule has 0 radical (unpaired) electrons. The highest BCUT2D eigenvalue weighted by Crippen LogP contribution is 2.34. The molecule has 6 nitrogen and oxygen atoms in total. The molecule has 0 bridgehead atoms. The number of nitrogens with one attached hydrogen (secondary N) is 2. The molecule has 29 heavy (non-hydrogen) atoms. The average molecular weight is 395 g/mol. The predicted molar refractivity (Wildman–Crippen MR) is 109 cm³/mol. The predicted octanol–water partition coefficient (Wildman–Crippen LogP) is 2.71. The van der Waals surface area contributed by atoms with Crippen LogP contribution in [0.4, 0.5) is 4.39 Å². The van der Waals surface area contributed by atoms with Crippen molar-refractivity contribution in [1.29, 1.82) is 0 Å². The Morgan fingerprint density at radius 2 is 2.24 bits per heavy atom. The van der Waals surface area contributed by atoms with Crippen molar-refractivity contribution in [2.45, 2.75) is 31.7 Å². The average Bonchev–Trinajstić information content (AvgIpc) is 3.29. The summed E-state index contributed by atoms with van der Waals surface area (Å²) in [5.41, 5.74) is 3.99. The molecule has 152 valence electrons. The van der Waals surface area contributed by atoms with E-state index in [2.05, 4.69) is 20.3 Å². The number of halogens is 1. The highest BCUT2D eigenvalue weighted by Gasteiger charge is 2.35. The van der Waals surface area contributed by atoms with Gasteiger partial charge < -0.3 is 10.3 Å². The summed E-state index contributed by atoms with van der Waals surface area (Å²) in [7, 11) is 1.91. The Kier molecular flexibility index (Phi) is 4.62. The van der Waals surface area contributed by atoms with E-state index in [-0.39, 0.29) is 17.6 Å². The summed E-state index contributed by atoms with van der Waals surface area (Å²) in [6.45, 7) is 3.19. The number of amides is 1. The highest BCUT2D eigenvalue weighted by molar-refractivity contribution is 5.85. The lowest BCUT2D eigenvalue weighted by molar-refractivity contribution is -0.123. The van der Waals surface area contributed by atoms with Crippen LogP contribution in [0.1, 0.15) is 35.6 Å². The summed E-state index contributed by atoms with van der Waals surface area (Å²) in [6, 6.07) is 4.73. The zero-order chi connectivity index (χ0) is 20.0. The van der Waals surface area contributed by atoms with E-state index < -0.39 is 0 Å². The van der Waals surface area contributed by atoms with Gasteiger partial charge in [0.25, 0.3) is 0 Å². The van der Waals surface area contributed by atoms with Crippen LogP contribution < -0.4 is 5.32 Å². The number of aryl methyl sites for hydroxylation is 1. The van der Waals surface area contributed by atoms with E-state index >= 15 is 0 Å². The second-order valence-electron chi connectivity index (χ2n) is 8.45. The summed E-state index contributed by atoms with van der Waals surface area (Å²) < 4.78 is 15.4. The van der Waals surface area contributed by atoms with Gasteiger partial charge in [-0.05, 0) is 48.9 Å². The zero-order valence-electron chi connectivity index (χ0n) is 16.6. The number of hydrogen-bond donors (Lipinski definition) is 2. The summed E-state index contributed by atoms with van der Waals surface area (Å²) >= 11 is 0. The van der Waals surface area contributed by atoms with Crippen molar-refractivity contribution < 1.29 is 9.18 Å². The molecular formula is C22H26FN5O. The number of hydrogen-bond acceptors (Lipinski definition) is 3. The van der Waals surface area contributed by atoms with Gasteiger partial charge in [-0.3, -0.25) is 14.4 Å². The van der Waals surface area contributed by atoms with E-state index in [0.717, 1.165) is 53.3 Å². The Morgan fingerprint density at radius 3 is 3.07 bits per heavy atom. The van der Waals surface area contributed by atoms with Gasteiger partial charge in [0.05, 0.1) is 11.6 Å². The topological polar surface area (TPSA) is 66.0 Å². The molecule has 1 amide bonds. The van der Waals surface area contributed by atoms with Gasteiger partial charge >= 0.3 is 0 Å². The number of benzene rings is 1. The maximum atomic E-state index is 13.6.